The third-order valence-electron chi connectivity index (χ3n) is 7.52. The van der Waals surface area contributed by atoms with Crippen molar-refractivity contribution in [3.63, 3.8) is 0 Å². The van der Waals surface area contributed by atoms with Crippen LogP contribution in [0.5, 0.6) is 0 Å². The van der Waals surface area contributed by atoms with Crippen molar-refractivity contribution in [3.05, 3.63) is 35.9 Å². The van der Waals surface area contributed by atoms with Crippen molar-refractivity contribution in [2.24, 2.45) is 23.5 Å². The first kappa shape index (κ1) is 36.7. The topological polar surface area (TPSA) is 172 Å². The maximum Gasteiger partial charge on any atom is 0.243 e. The molecule has 11 heteroatoms. The summed E-state index contributed by atoms with van der Waals surface area (Å²) >= 11 is 0. The molecule has 44 heavy (non-hydrogen) atoms. The number of hydrogen-bond donors (Lipinski definition) is 6. The van der Waals surface area contributed by atoms with E-state index in [1.54, 1.807) is 0 Å². The molecule has 0 aromatic heterocycles. The molecule has 1 heterocycles. The fourth-order valence-electron chi connectivity index (χ4n) is 5.29. The standard InChI is InChI=1S/C33H54N6O5/c1-20(2)16-25-30(41)35-24(14-10-11-15-34)29(40)36-26(17-21(3)4)32(43)39-28(19-23-12-8-7-9-13-23)33(44)38-27(18-22(5)6)31(42)37-25/h7-9,12-13,20-22,24-28H,10-11,14-19,34H2,1-6H3,(H,35,41)(H,36,40)(H,37,42)(H,38,44)(H,39,43)/t24-,25+,26+,27+,28+/m1/s1. The van der Waals surface area contributed by atoms with Gasteiger partial charge in [-0.3, -0.25) is 24.0 Å². The molecular weight excluding hydrogens is 560 g/mol. The van der Waals surface area contributed by atoms with Crippen LogP contribution in [-0.2, 0) is 30.4 Å². The van der Waals surface area contributed by atoms with Crippen LogP contribution in [0.2, 0.25) is 0 Å². The molecule has 2 rings (SSSR count). The third-order valence-corrected chi connectivity index (χ3v) is 7.52. The smallest absolute Gasteiger partial charge is 0.243 e. The van der Waals surface area contributed by atoms with Gasteiger partial charge in [0.25, 0.3) is 0 Å². The molecular formula is C33H54N6O5. The molecule has 7 N–H and O–H groups in total. The molecule has 5 atom stereocenters. The Morgan fingerprint density at radius 2 is 0.909 bits per heavy atom. The molecule has 0 unspecified atom stereocenters. The normalized spacial score (nSPS) is 24.2. The average Bonchev–Trinajstić information content (AvgIpc) is 2.94. The third kappa shape index (κ3) is 12.6. The van der Waals surface area contributed by atoms with Gasteiger partial charge in [-0.15, -0.1) is 0 Å². The minimum Gasteiger partial charge on any atom is -0.343 e. The van der Waals surface area contributed by atoms with Gasteiger partial charge in [0.05, 0.1) is 0 Å². The lowest BCUT2D eigenvalue weighted by Crippen LogP contribution is -2.58. The van der Waals surface area contributed by atoms with Gasteiger partial charge in [-0.2, -0.15) is 0 Å². The van der Waals surface area contributed by atoms with Gasteiger partial charge in [-0.05, 0) is 68.4 Å². The van der Waals surface area contributed by atoms with Crippen LogP contribution < -0.4 is 32.3 Å². The summed E-state index contributed by atoms with van der Waals surface area (Å²) in [6, 6.07) is 4.56. The van der Waals surface area contributed by atoms with Gasteiger partial charge in [-0.1, -0.05) is 71.9 Å². The van der Waals surface area contributed by atoms with E-state index >= 15 is 0 Å². The first-order chi connectivity index (χ1) is 20.8. The molecule has 5 amide bonds. The van der Waals surface area contributed by atoms with Gasteiger partial charge in [0.15, 0.2) is 0 Å². The molecule has 0 aliphatic carbocycles. The molecule has 0 bridgehead atoms. The Morgan fingerprint density at radius 1 is 0.545 bits per heavy atom. The van der Waals surface area contributed by atoms with E-state index in [1.807, 2.05) is 71.9 Å². The molecule has 246 valence electrons. The number of rotatable bonds is 12. The molecule has 1 aliphatic heterocycles. The lowest BCUT2D eigenvalue weighted by Gasteiger charge is -2.27. The Labute approximate surface area is 262 Å². The van der Waals surface area contributed by atoms with Crippen molar-refractivity contribution in [2.75, 3.05) is 6.54 Å². The predicted molar refractivity (Wildman–Crippen MR) is 171 cm³/mol. The Morgan fingerprint density at radius 3 is 1.32 bits per heavy atom. The number of carbonyl (C=O) groups is 5. The summed E-state index contributed by atoms with van der Waals surface area (Å²) < 4.78 is 0. The van der Waals surface area contributed by atoms with Crippen LogP contribution in [0.15, 0.2) is 30.3 Å². The average molecular weight is 615 g/mol. The maximum atomic E-state index is 13.8. The van der Waals surface area contributed by atoms with Gasteiger partial charge in [-0.25, -0.2) is 0 Å². The first-order valence-electron chi connectivity index (χ1n) is 16.1. The zero-order chi connectivity index (χ0) is 32.8. The minimum absolute atomic E-state index is 0.0486. The van der Waals surface area contributed by atoms with Gasteiger partial charge in [0, 0.05) is 6.42 Å². The summed E-state index contributed by atoms with van der Waals surface area (Å²) in [6.45, 7) is 12.1. The van der Waals surface area contributed by atoms with Crippen molar-refractivity contribution in [1.82, 2.24) is 26.6 Å². The number of hydrogen-bond acceptors (Lipinski definition) is 6. The summed E-state index contributed by atoms with van der Waals surface area (Å²) in [5.74, 6) is -2.34. The van der Waals surface area contributed by atoms with Gasteiger partial charge >= 0.3 is 0 Å². The molecule has 1 saturated heterocycles. The number of nitrogens with one attached hydrogen (secondary N) is 5. The van der Waals surface area contributed by atoms with E-state index < -0.39 is 59.7 Å². The van der Waals surface area contributed by atoms with Gasteiger partial charge in [0.1, 0.15) is 30.2 Å². The van der Waals surface area contributed by atoms with E-state index in [1.165, 1.54) is 0 Å². The molecule has 1 aromatic rings. The Bertz CT molecular complexity index is 1090. The lowest BCUT2D eigenvalue weighted by molar-refractivity contribution is -0.134. The number of nitrogens with two attached hydrogens (primary N) is 1. The van der Waals surface area contributed by atoms with Crippen molar-refractivity contribution in [2.45, 2.75) is 117 Å². The maximum absolute atomic E-state index is 13.8. The largest absolute Gasteiger partial charge is 0.343 e. The van der Waals surface area contributed by atoms with Crippen molar-refractivity contribution < 1.29 is 24.0 Å². The van der Waals surface area contributed by atoms with Crippen LogP contribution in [0.1, 0.15) is 85.6 Å². The van der Waals surface area contributed by atoms with Gasteiger partial charge < -0.3 is 32.3 Å². The predicted octanol–water partition coefficient (Wildman–Crippen LogP) is 1.93. The zero-order valence-corrected chi connectivity index (χ0v) is 27.3. The summed E-state index contributed by atoms with van der Waals surface area (Å²) in [6.07, 6.45) is 2.75. The van der Waals surface area contributed by atoms with E-state index in [0.29, 0.717) is 45.1 Å². The highest BCUT2D eigenvalue weighted by molar-refractivity contribution is 5.98. The second kappa shape index (κ2) is 18.4. The van der Waals surface area contributed by atoms with E-state index in [2.05, 4.69) is 26.6 Å². The van der Waals surface area contributed by atoms with Crippen LogP contribution in [0.3, 0.4) is 0 Å². The SMILES string of the molecule is CC(C)C[C@@H]1NC(=O)[C@H](Cc2ccccc2)NC(=O)[C@H](CC(C)C)NC(=O)[C@@H](CCCCN)NC(=O)[C@H](CC(C)C)NC1=O. The van der Waals surface area contributed by atoms with E-state index in [-0.39, 0.29) is 24.2 Å². The quantitative estimate of drug-likeness (QED) is 0.196. The second-order valence-corrected chi connectivity index (χ2v) is 13.2. The lowest BCUT2D eigenvalue weighted by atomic mass is 9.98. The highest BCUT2D eigenvalue weighted by Gasteiger charge is 2.35. The fraction of sp³-hybridized carbons (Fsp3) is 0.667. The molecule has 1 aliphatic rings. The van der Waals surface area contributed by atoms with E-state index in [9.17, 15) is 24.0 Å². The number of carbonyl (C=O) groups excluding carboxylic acids is 5. The van der Waals surface area contributed by atoms with E-state index in [4.69, 9.17) is 5.73 Å². The molecule has 0 radical (unpaired) electrons. The molecule has 11 nitrogen and oxygen atoms in total. The molecule has 1 fully saturated rings. The molecule has 1 aromatic carbocycles. The van der Waals surface area contributed by atoms with Crippen LogP contribution in [0, 0.1) is 17.8 Å². The highest BCUT2D eigenvalue weighted by atomic mass is 16.2. The Balaban J connectivity index is 2.58. The fourth-order valence-corrected chi connectivity index (χ4v) is 5.29. The van der Waals surface area contributed by atoms with Crippen LogP contribution in [-0.4, -0.2) is 66.3 Å². The Kier molecular flexibility index (Phi) is 15.3. The number of amides is 5. The summed E-state index contributed by atoms with van der Waals surface area (Å²) in [7, 11) is 0. The number of unbranched alkanes of at least 4 members (excludes halogenated alkanes) is 1. The minimum atomic E-state index is -1.00. The first-order valence-corrected chi connectivity index (χ1v) is 16.1. The van der Waals surface area contributed by atoms with Crippen molar-refractivity contribution in [1.29, 1.82) is 0 Å². The summed E-state index contributed by atoms with van der Waals surface area (Å²) in [4.78, 5) is 68.4. The molecule has 0 saturated carbocycles. The zero-order valence-electron chi connectivity index (χ0n) is 27.3. The van der Waals surface area contributed by atoms with Crippen LogP contribution in [0.25, 0.3) is 0 Å². The molecule has 0 spiro atoms. The second-order valence-electron chi connectivity index (χ2n) is 13.2. The van der Waals surface area contributed by atoms with Gasteiger partial charge in [0.2, 0.25) is 29.5 Å². The number of benzene rings is 1. The van der Waals surface area contributed by atoms with Crippen molar-refractivity contribution in [3.8, 4) is 0 Å². The Hall–Kier alpha value is -3.47. The summed E-state index contributed by atoms with van der Waals surface area (Å²) in [5, 5.41) is 14.3. The van der Waals surface area contributed by atoms with Crippen LogP contribution in [0.4, 0.5) is 0 Å². The monoisotopic (exact) mass is 614 g/mol. The van der Waals surface area contributed by atoms with E-state index in [0.717, 1.165) is 5.56 Å². The van der Waals surface area contributed by atoms with Crippen LogP contribution >= 0.6 is 0 Å². The highest BCUT2D eigenvalue weighted by Crippen LogP contribution is 2.13. The van der Waals surface area contributed by atoms with Crippen molar-refractivity contribution >= 4 is 29.5 Å². The summed E-state index contributed by atoms with van der Waals surface area (Å²) in [5.41, 5.74) is 6.51.